The minimum absolute atomic E-state index is 0.110. The van der Waals surface area contributed by atoms with Crippen LogP contribution in [0.1, 0.15) is 24.4 Å². The number of hydrogen-bond acceptors (Lipinski definition) is 3. The van der Waals surface area contributed by atoms with E-state index >= 15 is 0 Å². The average Bonchev–Trinajstić information content (AvgIpc) is 3.28. The number of quaternary nitrogens is 1. The van der Waals surface area contributed by atoms with E-state index in [4.69, 9.17) is 0 Å². The Morgan fingerprint density at radius 1 is 0.933 bits per heavy atom. The zero-order chi connectivity index (χ0) is 21.1. The molecule has 3 aromatic carbocycles. The highest BCUT2D eigenvalue weighted by atomic mass is 32.2. The van der Waals surface area contributed by atoms with Gasteiger partial charge in [-0.05, 0) is 35.0 Å². The van der Waals surface area contributed by atoms with Gasteiger partial charge in [0.1, 0.15) is 6.04 Å². The lowest BCUT2D eigenvalue weighted by Crippen LogP contribution is -3.11. The Morgan fingerprint density at radius 2 is 1.60 bits per heavy atom. The molecule has 0 bridgehead atoms. The quantitative estimate of drug-likeness (QED) is 0.613. The van der Waals surface area contributed by atoms with E-state index < -0.39 is 10.0 Å². The molecule has 0 unspecified atom stereocenters. The summed E-state index contributed by atoms with van der Waals surface area (Å²) in [6, 6.07) is 21.7. The van der Waals surface area contributed by atoms with Gasteiger partial charge in [-0.2, -0.15) is 0 Å². The lowest BCUT2D eigenvalue weighted by atomic mass is 10.1. The number of sulfonamides is 1. The standard InChI is InChI=1S/C24H29N3O2S/c1-26(2)22-12-9-20(10-13-22)24(27-15-5-6-16-27)18-25-30(28,29)23-14-11-19-7-3-4-8-21(19)17-23/h3-4,7-14,17,24-25H,5-6,15-16,18H2,1-2H3/p+1/t24-/m0/s1. The maximum atomic E-state index is 13.0. The molecular formula is C24H30N3O2S+. The van der Waals surface area contributed by atoms with E-state index in [9.17, 15) is 8.42 Å². The lowest BCUT2D eigenvalue weighted by Gasteiger charge is -2.26. The molecule has 2 N–H and O–H groups in total. The van der Waals surface area contributed by atoms with Crippen molar-refractivity contribution in [1.82, 2.24) is 4.72 Å². The monoisotopic (exact) mass is 424 g/mol. The van der Waals surface area contributed by atoms with Gasteiger partial charge < -0.3 is 9.80 Å². The summed E-state index contributed by atoms with van der Waals surface area (Å²) >= 11 is 0. The molecule has 158 valence electrons. The van der Waals surface area contributed by atoms with Crippen molar-refractivity contribution in [2.75, 3.05) is 38.6 Å². The third-order valence-electron chi connectivity index (χ3n) is 6.06. The molecule has 1 aliphatic heterocycles. The van der Waals surface area contributed by atoms with Crippen LogP contribution >= 0.6 is 0 Å². The zero-order valence-corrected chi connectivity index (χ0v) is 18.5. The summed E-state index contributed by atoms with van der Waals surface area (Å²) in [7, 11) is 0.470. The molecule has 1 saturated heterocycles. The van der Waals surface area contributed by atoms with Crippen molar-refractivity contribution in [3.8, 4) is 0 Å². The van der Waals surface area contributed by atoms with E-state index in [-0.39, 0.29) is 6.04 Å². The molecule has 1 fully saturated rings. The fraction of sp³-hybridized carbons (Fsp3) is 0.333. The zero-order valence-electron chi connectivity index (χ0n) is 17.6. The first-order valence-corrected chi connectivity index (χ1v) is 12.0. The second-order valence-corrected chi connectivity index (χ2v) is 10.0. The second-order valence-electron chi connectivity index (χ2n) is 8.26. The molecule has 0 saturated carbocycles. The van der Waals surface area contributed by atoms with E-state index in [0.717, 1.165) is 29.5 Å². The van der Waals surface area contributed by atoms with Gasteiger partial charge in [0.2, 0.25) is 10.0 Å². The summed E-state index contributed by atoms with van der Waals surface area (Å²) < 4.78 is 29.0. The smallest absolute Gasteiger partial charge is 0.240 e. The SMILES string of the molecule is CN(C)c1ccc([C@H](CNS(=O)(=O)c2ccc3ccccc3c2)[NH+]2CCCC2)cc1. The van der Waals surface area contributed by atoms with Crippen LogP contribution in [0, 0.1) is 0 Å². The van der Waals surface area contributed by atoms with E-state index in [1.807, 2.05) is 44.4 Å². The molecule has 0 amide bonds. The van der Waals surface area contributed by atoms with Gasteiger partial charge in [-0.25, -0.2) is 13.1 Å². The number of nitrogens with zero attached hydrogens (tertiary/aromatic N) is 1. The molecule has 30 heavy (non-hydrogen) atoms. The van der Waals surface area contributed by atoms with Crippen LogP contribution in [0.3, 0.4) is 0 Å². The van der Waals surface area contributed by atoms with Crippen LogP contribution in [0.15, 0.2) is 71.6 Å². The summed E-state index contributed by atoms with van der Waals surface area (Å²) in [5.41, 5.74) is 2.32. The molecule has 1 atom stereocenters. The van der Waals surface area contributed by atoms with Gasteiger partial charge in [0, 0.05) is 38.2 Å². The summed E-state index contributed by atoms with van der Waals surface area (Å²) in [5.74, 6) is 0. The number of fused-ring (bicyclic) bond motifs is 1. The van der Waals surface area contributed by atoms with Crippen molar-refractivity contribution in [1.29, 1.82) is 0 Å². The van der Waals surface area contributed by atoms with Crippen molar-refractivity contribution < 1.29 is 13.3 Å². The van der Waals surface area contributed by atoms with Crippen molar-refractivity contribution >= 4 is 26.5 Å². The van der Waals surface area contributed by atoms with Gasteiger partial charge in [-0.1, -0.05) is 42.5 Å². The highest BCUT2D eigenvalue weighted by Crippen LogP contribution is 2.20. The largest absolute Gasteiger partial charge is 0.378 e. The van der Waals surface area contributed by atoms with Crippen LogP contribution in [-0.2, 0) is 10.0 Å². The topological polar surface area (TPSA) is 53.9 Å². The summed E-state index contributed by atoms with van der Waals surface area (Å²) in [6.07, 6.45) is 2.39. The van der Waals surface area contributed by atoms with Crippen molar-refractivity contribution in [2.45, 2.75) is 23.8 Å². The van der Waals surface area contributed by atoms with E-state index in [2.05, 4.69) is 33.9 Å². The van der Waals surface area contributed by atoms with Crippen molar-refractivity contribution in [3.63, 3.8) is 0 Å². The van der Waals surface area contributed by atoms with Crippen LogP contribution in [0.2, 0.25) is 0 Å². The number of anilines is 1. The average molecular weight is 425 g/mol. The third kappa shape index (κ3) is 4.51. The normalized spacial score (nSPS) is 16.1. The molecule has 3 aromatic rings. The Labute approximate surface area is 179 Å². The Balaban J connectivity index is 1.56. The van der Waals surface area contributed by atoms with Crippen LogP contribution in [0.5, 0.6) is 0 Å². The Hall–Kier alpha value is -2.41. The van der Waals surface area contributed by atoms with Crippen LogP contribution in [0.25, 0.3) is 10.8 Å². The second kappa shape index (κ2) is 8.76. The molecular weight excluding hydrogens is 394 g/mol. The number of benzene rings is 3. The minimum Gasteiger partial charge on any atom is -0.378 e. The summed E-state index contributed by atoms with van der Waals surface area (Å²) in [6.45, 7) is 2.56. The fourth-order valence-electron chi connectivity index (χ4n) is 4.29. The van der Waals surface area contributed by atoms with Crippen LogP contribution in [-0.4, -0.2) is 42.1 Å². The summed E-state index contributed by atoms with van der Waals surface area (Å²) in [4.78, 5) is 3.84. The maximum Gasteiger partial charge on any atom is 0.240 e. The van der Waals surface area contributed by atoms with Gasteiger partial charge >= 0.3 is 0 Å². The predicted octanol–water partition coefficient (Wildman–Crippen LogP) is 2.60. The Bertz CT molecular complexity index is 1100. The molecule has 4 rings (SSSR count). The van der Waals surface area contributed by atoms with Gasteiger partial charge in [0.25, 0.3) is 0 Å². The molecule has 0 spiro atoms. The van der Waals surface area contributed by atoms with Crippen LogP contribution < -0.4 is 14.5 Å². The molecule has 0 aliphatic carbocycles. The molecule has 6 heteroatoms. The molecule has 0 aromatic heterocycles. The first-order chi connectivity index (χ1) is 14.4. The molecule has 1 heterocycles. The van der Waals surface area contributed by atoms with E-state index in [0.29, 0.717) is 11.4 Å². The van der Waals surface area contributed by atoms with E-state index in [1.165, 1.54) is 23.3 Å². The van der Waals surface area contributed by atoms with Crippen LogP contribution in [0.4, 0.5) is 5.69 Å². The number of likely N-dealkylation sites (tertiary alicyclic amines) is 1. The number of hydrogen-bond donors (Lipinski definition) is 2. The maximum absolute atomic E-state index is 13.0. The van der Waals surface area contributed by atoms with Crippen molar-refractivity contribution in [3.05, 3.63) is 72.3 Å². The van der Waals surface area contributed by atoms with Gasteiger partial charge in [-0.3, -0.25) is 0 Å². The van der Waals surface area contributed by atoms with E-state index in [1.54, 1.807) is 12.1 Å². The van der Waals surface area contributed by atoms with Crippen molar-refractivity contribution in [2.24, 2.45) is 0 Å². The first-order valence-electron chi connectivity index (χ1n) is 10.5. The highest BCUT2D eigenvalue weighted by Gasteiger charge is 2.29. The number of rotatable bonds is 7. The Morgan fingerprint density at radius 3 is 2.27 bits per heavy atom. The first kappa shape index (κ1) is 20.8. The van der Waals surface area contributed by atoms with Gasteiger partial charge in [-0.15, -0.1) is 0 Å². The third-order valence-corrected chi connectivity index (χ3v) is 7.48. The Kier molecular flexibility index (Phi) is 6.09. The molecule has 0 radical (unpaired) electrons. The molecule has 5 nitrogen and oxygen atoms in total. The number of nitrogens with one attached hydrogen (secondary N) is 2. The van der Waals surface area contributed by atoms with Gasteiger partial charge in [0.05, 0.1) is 24.5 Å². The molecule has 1 aliphatic rings. The predicted molar refractivity (Wildman–Crippen MR) is 123 cm³/mol. The van der Waals surface area contributed by atoms with Gasteiger partial charge in [0.15, 0.2) is 0 Å². The summed E-state index contributed by atoms with van der Waals surface area (Å²) in [5, 5.41) is 1.97. The lowest BCUT2D eigenvalue weighted by molar-refractivity contribution is -0.918. The minimum atomic E-state index is -3.58. The fourth-order valence-corrected chi connectivity index (χ4v) is 5.37. The highest BCUT2D eigenvalue weighted by molar-refractivity contribution is 7.89.